The second kappa shape index (κ2) is 1.43. The van der Waals surface area contributed by atoms with E-state index < -0.39 is 14.4 Å². The van der Waals surface area contributed by atoms with Crippen LogP contribution in [0.4, 0.5) is 0 Å². The summed E-state index contributed by atoms with van der Waals surface area (Å²) in [7, 11) is -0.487. The first-order chi connectivity index (χ1) is 12.9. The molecule has 10 heterocycles. The van der Waals surface area contributed by atoms with Gasteiger partial charge in [-0.2, -0.15) is 0 Å². The van der Waals surface area contributed by atoms with Crippen molar-refractivity contribution in [3.8, 4) is 0 Å². The second-order valence-electron chi connectivity index (χ2n) is 13.8. The van der Waals surface area contributed by atoms with Gasteiger partial charge in [0.25, 0.3) is 0 Å². The molecule has 2 aromatic carbocycles. The first kappa shape index (κ1) is 12.1. The number of nitrogens with two attached hydrogens (primary N) is 1. The molecule has 1 spiro atoms. The van der Waals surface area contributed by atoms with Crippen LogP contribution in [-0.2, 0) is 6.51 Å². The summed E-state index contributed by atoms with van der Waals surface area (Å²) < 4.78 is 0.726. The van der Waals surface area contributed by atoms with Crippen molar-refractivity contribution in [1.82, 2.24) is 0 Å². The summed E-state index contributed by atoms with van der Waals surface area (Å²) in [4.78, 5) is 12.0. The predicted molar refractivity (Wildman–Crippen MR) is 108 cm³/mol. The van der Waals surface area contributed by atoms with Gasteiger partial charge < -0.3 is 0 Å². The summed E-state index contributed by atoms with van der Waals surface area (Å²) in [5.41, 5.74) is 7.77. The summed E-state index contributed by atoms with van der Waals surface area (Å²) >= 11 is 0. The van der Waals surface area contributed by atoms with E-state index in [2.05, 4.69) is 67.6 Å². The molecule has 10 fully saturated rings. The molecule has 27 heavy (non-hydrogen) atoms. The topological polar surface area (TPSA) is 26.0 Å². The fourth-order valence-electron chi connectivity index (χ4n) is 19.6. The molecule has 0 aromatic heterocycles. The van der Waals surface area contributed by atoms with E-state index in [0.717, 1.165) is 4.31 Å². The molecule has 2 N–H and O–H groups in total. The fraction of sp³-hybridized carbons (Fsp3) is 0.500. The summed E-state index contributed by atoms with van der Waals surface area (Å²) in [5.74, 6) is 0. The third kappa shape index (κ3) is 0.219. The Labute approximate surface area is 151 Å². The molecule has 10 aliphatic heterocycles. The Bertz CT molecular complexity index is 1410. The minimum atomic E-state index is -3.24. The number of fused-ring (bicyclic) bond motifs is 10. The van der Waals surface area contributed by atoms with Crippen molar-refractivity contribution in [2.75, 3.05) is 0 Å². The Morgan fingerprint density at radius 1 is 0.741 bits per heavy atom. The molecule has 1 nitrogen and oxygen atoms in total. The molecule has 3 heteroatoms. The summed E-state index contributed by atoms with van der Waals surface area (Å²) in [6, 6.07) is 22.8. The van der Waals surface area contributed by atoms with Crippen LogP contribution in [0, 0.1) is 0 Å². The van der Waals surface area contributed by atoms with Crippen molar-refractivity contribution in [1.29, 1.82) is 0 Å². The number of rotatable bonds is 4. The van der Waals surface area contributed by atoms with Gasteiger partial charge >= 0.3 is 151 Å². The van der Waals surface area contributed by atoms with Crippen LogP contribution in [0.15, 0.2) is 60.7 Å². The number of benzene rings is 2. The van der Waals surface area contributed by atoms with Gasteiger partial charge in [-0.1, -0.05) is 0 Å². The zero-order valence-corrected chi connectivity index (χ0v) is 17.3. The SMILES string of the molecule is CC(N)(P(c1ccccc1)c1ccccc1)[C]12[CH]3[CH]4[CH]5[C@H]1[Fe]45321678[CH]2[CH]1[CH]6[CH]7[CH]28. The number of hydrogen-bond donors (Lipinski definition) is 1. The Kier molecular flexibility index (Phi) is 0.645. The van der Waals surface area contributed by atoms with Crippen LogP contribution in [-0.4, -0.2) is 5.28 Å². The molecule has 6 atom stereocenters. The quantitative estimate of drug-likeness (QED) is 0.516. The van der Waals surface area contributed by atoms with Gasteiger partial charge in [0.05, 0.1) is 0 Å². The van der Waals surface area contributed by atoms with E-state index >= 15 is 0 Å². The summed E-state index contributed by atoms with van der Waals surface area (Å²) in [5, 5.41) is 3.08. The van der Waals surface area contributed by atoms with E-state index in [0.29, 0.717) is 0 Å². The van der Waals surface area contributed by atoms with E-state index in [1.165, 1.54) is 54.0 Å². The molecular formula is C24H24FeNP. The van der Waals surface area contributed by atoms with Crippen LogP contribution in [0.5, 0.6) is 0 Å². The first-order valence-corrected chi connectivity index (χ1v) is 18.4. The van der Waals surface area contributed by atoms with Crippen molar-refractivity contribution < 1.29 is 6.51 Å². The fourth-order valence-corrected chi connectivity index (χ4v) is 100. The zero-order valence-electron chi connectivity index (χ0n) is 15.3. The maximum absolute atomic E-state index is 7.77. The van der Waals surface area contributed by atoms with Gasteiger partial charge in [-0.05, 0) is 0 Å². The standard InChI is InChI=1S/C19H19NP.C5H5.Fe/c1-19(20,16-10-8-9-11-16)21(17-12-4-2-5-13-17)18-14-6-3-7-15-18;1-2-4-5-3-1;/h2-15H,20H2,1H3;1-5H;. The van der Waals surface area contributed by atoms with Crippen LogP contribution in [0.25, 0.3) is 0 Å². The Hall–Kier alpha value is -0.651. The van der Waals surface area contributed by atoms with Crippen molar-refractivity contribution >= 4 is 18.5 Å². The van der Waals surface area contributed by atoms with Gasteiger partial charge in [-0.3, -0.25) is 0 Å². The zero-order chi connectivity index (χ0) is 17.3. The van der Waals surface area contributed by atoms with Gasteiger partial charge in [0.15, 0.2) is 0 Å². The van der Waals surface area contributed by atoms with E-state index in [-0.39, 0.29) is 5.28 Å². The van der Waals surface area contributed by atoms with Crippen molar-refractivity contribution in [2.45, 2.75) is 59.9 Å². The van der Waals surface area contributed by atoms with Gasteiger partial charge in [0.1, 0.15) is 0 Å². The Balaban J connectivity index is 1.21. The van der Waals surface area contributed by atoms with E-state index in [9.17, 15) is 0 Å². The summed E-state index contributed by atoms with van der Waals surface area (Å²) in [6.07, 6.45) is 0. The van der Waals surface area contributed by atoms with Crippen LogP contribution >= 0.6 is 7.92 Å². The molecule has 12 rings (SSSR count). The van der Waals surface area contributed by atoms with Crippen LogP contribution in [0.1, 0.15) is 6.92 Å². The van der Waals surface area contributed by atoms with E-state index in [1.807, 2.05) is 0 Å². The van der Waals surface area contributed by atoms with Crippen LogP contribution in [0.3, 0.4) is 0 Å². The van der Waals surface area contributed by atoms with E-state index in [1.54, 1.807) is 0 Å². The van der Waals surface area contributed by atoms with Gasteiger partial charge in [-0.25, -0.2) is 0 Å². The maximum atomic E-state index is 7.77. The normalized spacial score (nSPS) is 81.8. The van der Waals surface area contributed by atoms with Crippen molar-refractivity contribution in [2.24, 2.45) is 5.73 Å². The molecule has 0 bridgehead atoms. The molecule has 5 unspecified atom stereocenters. The average Bonchev–Trinajstić information content (AvgIpc) is 3.62. The van der Waals surface area contributed by atoms with Gasteiger partial charge in [0.2, 0.25) is 0 Å². The molecule has 10 aliphatic rings. The molecule has 0 amide bonds. The summed E-state index contributed by atoms with van der Waals surface area (Å²) in [6.45, 7) is -0.675. The molecule has 10 saturated heterocycles. The molecule has 0 radical (unpaired) electrons. The third-order valence-electron chi connectivity index (χ3n) is 17.9. The minimum absolute atomic E-state index is 0.0278. The second-order valence-corrected chi connectivity index (χ2v) is 40.0. The predicted octanol–water partition coefficient (Wildman–Crippen LogP) is 5.55. The van der Waals surface area contributed by atoms with Gasteiger partial charge in [-0.15, -0.1) is 0 Å². The molecule has 2 aromatic rings. The van der Waals surface area contributed by atoms with E-state index in [4.69, 9.17) is 5.73 Å². The average molecular weight is 413 g/mol. The molecule has 0 aliphatic carbocycles. The van der Waals surface area contributed by atoms with Gasteiger partial charge in [0, 0.05) is 0 Å². The number of hydrogen-bond acceptors (Lipinski definition) is 1. The van der Waals surface area contributed by atoms with Crippen LogP contribution < -0.4 is 16.3 Å². The molecular weight excluding hydrogens is 389 g/mol. The van der Waals surface area contributed by atoms with Crippen molar-refractivity contribution in [3.05, 3.63) is 60.7 Å². The van der Waals surface area contributed by atoms with Crippen molar-refractivity contribution in [3.63, 3.8) is 0 Å². The molecule has 0 saturated carbocycles. The molecule has 138 valence electrons. The Morgan fingerprint density at radius 3 is 1.44 bits per heavy atom. The third-order valence-corrected chi connectivity index (χ3v) is 63.7. The monoisotopic (exact) mass is 413 g/mol. The van der Waals surface area contributed by atoms with Crippen LogP contribution in [0.2, 0.25) is 47.7 Å². The first-order valence-electron chi connectivity index (χ1n) is 10.8. The Morgan fingerprint density at radius 2 is 1.15 bits per heavy atom.